The molecule has 4 atom stereocenters. The van der Waals surface area contributed by atoms with Crippen LogP contribution in [0, 0.1) is 29.6 Å². The molecule has 1 N–H and O–H groups in total. The minimum Gasteiger partial charge on any atom is -0.497 e. The number of methoxy groups -OCH3 is 2. The summed E-state index contributed by atoms with van der Waals surface area (Å²) in [4.78, 5) is 12.6. The Hall–Kier alpha value is -1.71. The maximum Gasteiger partial charge on any atom is 0.228 e. The second kappa shape index (κ2) is 4.65. The lowest BCUT2D eigenvalue weighted by molar-refractivity contribution is -0.118. The van der Waals surface area contributed by atoms with Crippen molar-refractivity contribution in [3.8, 4) is 11.5 Å². The molecule has 0 spiro atoms. The van der Waals surface area contributed by atoms with Gasteiger partial charge in [0.15, 0.2) is 0 Å². The van der Waals surface area contributed by atoms with Crippen LogP contribution in [0.15, 0.2) is 18.2 Å². The molecule has 0 aromatic heterocycles. The number of benzene rings is 1. The molecule has 0 radical (unpaired) electrons. The molecule has 4 rings (SSSR count). The topological polar surface area (TPSA) is 47.6 Å². The fourth-order valence-corrected chi connectivity index (χ4v) is 4.80. The number of carbonyl (C=O) groups excluding carboxylic acids is 1. The van der Waals surface area contributed by atoms with E-state index in [2.05, 4.69) is 5.32 Å². The molecule has 3 aliphatic rings. The lowest BCUT2D eigenvalue weighted by Crippen LogP contribution is -2.19. The maximum absolute atomic E-state index is 12.6. The normalized spacial score (nSPS) is 35.2. The third-order valence-electron chi connectivity index (χ3n) is 5.70. The van der Waals surface area contributed by atoms with Gasteiger partial charge in [0, 0.05) is 12.0 Å². The van der Waals surface area contributed by atoms with E-state index in [1.54, 1.807) is 14.2 Å². The van der Waals surface area contributed by atoms with Crippen LogP contribution in [-0.2, 0) is 4.79 Å². The number of ether oxygens (including phenoxy) is 2. The Morgan fingerprint density at radius 3 is 2.48 bits per heavy atom. The molecule has 0 unspecified atom stereocenters. The van der Waals surface area contributed by atoms with Gasteiger partial charge in [0.2, 0.25) is 5.91 Å². The first-order valence-electron chi connectivity index (χ1n) is 7.76. The van der Waals surface area contributed by atoms with E-state index in [9.17, 15) is 4.79 Å². The van der Waals surface area contributed by atoms with Gasteiger partial charge in [-0.05, 0) is 55.1 Å². The summed E-state index contributed by atoms with van der Waals surface area (Å²) in [6.07, 6.45) is 4.03. The van der Waals surface area contributed by atoms with Gasteiger partial charge in [-0.3, -0.25) is 4.79 Å². The quantitative estimate of drug-likeness (QED) is 0.926. The zero-order chi connectivity index (χ0) is 14.6. The van der Waals surface area contributed by atoms with E-state index < -0.39 is 0 Å². The van der Waals surface area contributed by atoms with Gasteiger partial charge < -0.3 is 14.8 Å². The van der Waals surface area contributed by atoms with Crippen LogP contribution >= 0.6 is 0 Å². The zero-order valence-electron chi connectivity index (χ0n) is 12.5. The third kappa shape index (κ3) is 1.92. The smallest absolute Gasteiger partial charge is 0.228 e. The summed E-state index contributed by atoms with van der Waals surface area (Å²) in [6.45, 7) is 0. The van der Waals surface area contributed by atoms with Crippen molar-refractivity contribution in [2.24, 2.45) is 29.6 Å². The molecule has 112 valence electrons. The minimum atomic E-state index is 0.160. The molecule has 1 aromatic carbocycles. The molecule has 3 fully saturated rings. The van der Waals surface area contributed by atoms with Gasteiger partial charge in [0.1, 0.15) is 11.5 Å². The van der Waals surface area contributed by atoms with E-state index in [0.29, 0.717) is 23.3 Å². The number of anilines is 1. The molecule has 1 aromatic rings. The predicted molar refractivity (Wildman–Crippen MR) is 79.5 cm³/mol. The van der Waals surface area contributed by atoms with Crippen molar-refractivity contribution in [1.29, 1.82) is 0 Å². The molecular formula is C17H21NO3. The number of nitrogens with one attached hydrogen (secondary N) is 1. The van der Waals surface area contributed by atoms with Crippen LogP contribution in [-0.4, -0.2) is 20.1 Å². The number of hydrogen-bond acceptors (Lipinski definition) is 3. The van der Waals surface area contributed by atoms with Crippen LogP contribution in [0.3, 0.4) is 0 Å². The highest BCUT2D eigenvalue weighted by atomic mass is 16.5. The van der Waals surface area contributed by atoms with Crippen molar-refractivity contribution in [1.82, 2.24) is 0 Å². The van der Waals surface area contributed by atoms with Gasteiger partial charge in [-0.15, -0.1) is 0 Å². The van der Waals surface area contributed by atoms with Gasteiger partial charge in [-0.2, -0.15) is 0 Å². The van der Waals surface area contributed by atoms with E-state index in [1.165, 1.54) is 19.3 Å². The molecule has 4 heteroatoms. The summed E-state index contributed by atoms with van der Waals surface area (Å²) in [5.41, 5.74) is 0.708. The Balaban J connectivity index is 1.50. The first kappa shape index (κ1) is 13.0. The van der Waals surface area contributed by atoms with E-state index in [-0.39, 0.29) is 11.8 Å². The summed E-state index contributed by atoms with van der Waals surface area (Å²) >= 11 is 0. The Bertz CT molecular complexity index is 569. The molecule has 2 bridgehead atoms. The van der Waals surface area contributed by atoms with E-state index in [4.69, 9.17) is 9.47 Å². The minimum absolute atomic E-state index is 0.160. The van der Waals surface area contributed by atoms with Crippen LogP contribution in [0.4, 0.5) is 5.69 Å². The van der Waals surface area contributed by atoms with Crippen LogP contribution in [0.1, 0.15) is 19.3 Å². The Kier molecular flexibility index (Phi) is 2.88. The SMILES string of the molecule is COc1ccc(OC)c(NC(=O)C2[C@H]3[C@@H]4CC[C@H](C4)[C@H]23)c1. The third-order valence-corrected chi connectivity index (χ3v) is 5.70. The molecule has 3 aliphatic carbocycles. The van der Waals surface area contributed by atoms with E-state index in [0.717, 1.165) is 17.6 Å². The molecule has 21 heavy (non-hydrogen) atoms. The average Bonchev–Trinajstić information content (AvgIpc) is 2.96. The van der Waals surface area contributed by atoms with Gasteiger partial charge >= 0.3 is 0 Å². The second-order valence-electron chi connectivity index (χ2n) is 6.57. The lowest BCUT2D eigenvalue weighted by Gasteiger charge is -2.13. The van der Waals surface area contributed by atoms with Crippen molar-refractivity contribution < 1.29 is 14.3 Å². The molecule has 1 amide bonds. The summed E-state index contributed by atoms with van der Waals surface area (Å²) in [6, 6.07) is 5.48. The Morgan fingerprint density at radius 1 is 1.14 bits per heavy atom. The number of amides is 1. The van der Waals surface area contributed by atoms with Crippen LogP contribution < -0.4 is 14.8 Å². The predicted octanol–water partition coefficient (Wildman–Crippen LogP) is 2.93. The maximum atomic E-state index is 12.6. The monoisotopic (exact) mass is 287 g/mol. The molecular weight excluding hydrogens is 266 g/mol. The first-order valence-corrected chi connectivity index (χ1v) is 7.76. The Labute approximate surface area is 124 Å². The van der Waals surface area contributed by atoms with Crippen LogP contribution in [0.2, 0.25) is 0 Å². The van der Waals surface area contributed by atoms with Crippen molar-refractivity contribution in [2.45, 2.75) is 19.3 Å². The van der Waals surface area contributed by atoms with Gasteiger partial charge in [-0.1, -0.05) is 0 Å². The fraction of sp³-hybridized carbons (Fsp3) is 0.588. The van der Waals surface area contributed by atoms with Crippen molar-refractivity contribution in [3.63, 3.8) is 0 Å². The number of hydrogen-bond donors (Lipinski definition) is 1. The number of rotatable bonds is 4. The largest absolute Gasteiger partial charge is 0.497 e. The van der Waals surface area contributed by atoms with Gasteiger partial charge in [0.25, 0.3) is 0 Å². The zero-order valence-corrected chi connectivity index (χ0v) is 12.5. The first-order chi connectivity index (χ1) is 10.2. The average molecular weight is 287 g/mol. The van der Waals surface area contributed by atoms with Crippen molar-refractivity contribution >= 4 is 11.6 Å². The van der Waals surface area contributed by atoms with Crippen molar-refractivity contribution in [2.75, 3.05) is 19.5 Å². The molecule has 0 saturated heterocycles. The second-order valence-corrected chi connectivity index (χ2v) is 6.57. The standard InChI is InChI=1S/C17H21NO3/c1-20-11-5-6-13(21-2)12(8-11)18-17(19)16-14-9-3-4-10(7-9)15(14)16/h5-6,8-10,14-16H,3-4,7H2,1-2H3,(H,18,19)/t9-,10-,14+,15+/m1/s1. The lowest BCUT2D eigenvalue weighted by atomic mass is 10.0. The fourth-order valence-electron chi connectivity index (χ4n) is 4.80. The van der Waals surface area contributed by atoms with E-state index in [1.807, 2.05) is 18.2 Å². The highest BCUT2D eigenvalue weighted by Crippen LogP contribution is 2.69. The van der Waals surface area contributed by atoms with Crippen molar-refractivity contribution in [3.05, 3.63) is 18.2 Å². The summed E-state index contributed by atoms with van der Waals surface area (Å²) in [5, 5.41) is 3.05. The summed E-state index contributed by atoms with van der Waals surface area (Å²) in [7, 11) is 3.24. The van der Waals surface area contributed by atoms with E-state index >= 15 is 0 Å². The highest BCUT2D eigenvalue weighted by Gasteiger charge is 2.67. The molecule has 3 saturated carbocycles. The Morgan fingerprint density at radius 2 is 1.86 bits per heavy atom. The highest BCUT2D eigenvalue weighted by molar-refractivity contribution is 5.96. The molecule has 0 heterocycles. The van der Waals surface area contributed by atoms with Gasteiger partial charge in [0.05, 0.1) is 19.9 Å². The molecule has 4 nitrogen and oxygen atoms in total. The number of fused-ring (bicyclic) bond motifs is 5. The summed E-state index contributed by atoms with van der Waals surface area (Å²) in [5.74, 6) is 4.71. The summed E-state index contributed by atoms with van der Waals surface area (Å²) < 4.78 is 10.5. The van der Waals surface area contributed by atoms with Crippen LogP contribution in [0.25, 0.3) is 0 Å². The van der Waals surface area contributed by atoms with Gasteiger partial charge in [-0.25, -0.2) is 0 Å². The van der Waals surface area contributed by atoms with Crippen LogP contribution in [0.5, 0.6) is 11.5 Å². The number of carbonyl (C=O) groups is 1. The molecule has 0 aliphatic heterocycles.